The molecule has 1 N–H and O–H groups in total. The van der Waals surface area contributed by atoms with E-state index in [2.05, 4.69) is 179 Å². The van der Waals surface area contributed by atoms with Gasteiger partial charge in [-0.2, -0.15) is 0 Å². The highest BCUT2D eigenvalue weighted by molar-refractivity contribution is 6.99. The summed E-state index contributed by atoms with van der Waals surface area (Å²) in [6, 6.07) is 24.5. The lowest BCUT2D eigenvalue weighted by Crippen LogP contribution is -2.66. The lowest BCUT2D eigenvalue weighted by atomic mass is 9.93. The fraction of sp³-hybridized carbons (Fsp3) is 0.560. The van der Waals surface area contributed by atoms with Gasteiger partial charge in [0.15, 0.2) is 22.9 Å². The molecular weight excluding hydrogens is 781 g/mol. The van der Waals surface area contributed by atoms with Gasteiger partial charge in [-0.05, 0) is 84.9 Å². The Morgan fingerprint density at radius 3 is 1.85 bits per heavy atom. The van der Waals surface area contributed by atoms with Gasteiger partial charge in [0, 0.05) is 6.42 Å². The summed E-state index contributed by atoms with van der Waals surface area (Å²) >= 11 is 0. The van der Waals surface area contributed by atoms with Gasteiger partial charge in [-0.25, -0.2) is 0 Å². The van der Waals surface area contributed by atoms with Gasteiger partial charge >= 0.3 is 0 Å². The van der Waals surface area contributed by atoms with Crippen molar-refractivity contribution in [2.75, 3.05) is 6.61 Å². The number of rotatable bonds is 22. The predicted octanol–water partition coefficient (Wildman–Crippen LogP) is 11.8. The fourth-order valence-corrected chi connectivity index (χ4v) is 16.2. The van der Waals surface area contributed by atoms with E-state index in [0.717, 1.165) is 24.6 Å². The first-order chi connectivity index (χ1) is 27.6. The largest absolute Gasteiger partial charge is 0.411 e. The van der Waals surface area contributed by atoms with Crippen LogP contribution in [0, 0.1) is 0 Å². The van der Waals surface area contributed by atoms with Crippen molar-refractivity contribution in [1.29, 1.82) is 0 Å². The second kappa shape index (κ2) is 22.6. The van der Waals surface area contributed by atoms with Crippen LogP contribution in [0.3, 0.4) is 0 Å². The molecule has 6 nitrogen and oxygen atoms in total. The normalized spacial score (nSPS) is 19.7. The Morgan fingerprint density at radius 2 is 1.34 bits per heavy atom. The van der Waals surface area contributed by atoms with E-state index in [-0.39, 0.29) is 28.4 Å². The molecule has 0 aromatic heterocycles. The Hall–Kier alpha value is -2.45. The SMILES string of the molecule is CC[Si](CC)(CC)O[C@H](C[C@H](\C=C/C=C\C=C\CO[Si](c1ccccc1)(c1ccccc1)C(C)(C)C)O[Si](C)(C)C(C)(C)C)[C@](C)(O)C=C[C@H]1CC=CC(OC(C)C)O1. The summed E-state index contributed by atoms with van der Waals surface area (Å²) in [7, 11) is -6.95. The molecule has 328 valence electrons. The molecular formula is C50H80O6Si3. The van der Waals surface area contributed by atoms with E-state index in [0.29, 0.717) is 13.0 Å². The molecule has 0 fully saturated rings. The standard InChI is InChI=1S/C50H80O6Si3/c1-15-58(16-2,17-3)56-46(50(12,51)38-37-42-31-29-36-47(54-42)53-41(4)5)40-43(55-57(13,14)48(6,7)8)30-23-19-18-20-28-39-52-59(49(9,10)11,44-32-24-21-25-33-44)45-34-26-22-27-35-45/h18-30,32-38,41-43,46-47,51H,15-17,31,39-40H2,1-14H3/b19-18-,28-20+,30-23-,38-37?/t42-,43+,46-,47?,50-/m1/s1. The van der Waals surface area contributed by atoms with Crippen LogP contribution in [0.4, 0.5) is 0 Å². The van der Waals surface area contributed by atoms with Crippen LogP contribution >= 0.6 is 0 Å². The smallest absolute Gasteiger partial charge is 0.261 e. The minimum Gasteiger partial charge on any atom is -0.411 e. The second-order valence-electron chi connectivity index (χ2n) is 19.2. The molecule has 1 aliphatic rings. The third-order valence-corrected chi connectivity index (χ3v) is 26.5. The van der Waals surface area contributed by atoms with E-state index in [4.69, 9.17) is 22.8 Å². The first-order valence-electron chi connectivity index (χ1n) is 22.1. The van der Waals surface area contributed by atoms with Gasteiger partial charge in [-0.15, -0.1) is 0 Å². The molecule has 9 heteroatoms. The highest BCUT2D eigenvalue weighted by Gasteiger charge is 2.50. The van der Waals surface area contributed by atoms with Crippen LogP contribution in [0.25, 0.3) is 0 Å². The van der Waals surface area contributed by atoms with E-state index in [1.807, 2.05) is 39.0 Å². The van der Waals surface area contributed by atoms with E-state index < -0.39 is 42.9 Å². The summed E-state index contributed by atoms with van der Waals surface area (Å²) < 4.78 is 33.5. The first kappa shape index (κ1) is 50.9. The van der Waals surface area contributed by atoms with Crippen molar-refractivity contribution in [1.82, 2.24) is 0 Å². The van der Waals surface area contributed by atoms with E-state index in [1.54, 1.807) is 0 Å². The minimum absolute atomic E-state index is 0.0106. The van der Waals surface area contributed by atoms with E-state index >= 15 is 0 Å². The van der Waals surface area contributed by atoms with Crippen LogP contribution < -0.4 is 10.4 Å². The van der Waals surface area contributed by atoms with Crippen LogP contribution in [-0.2, 0) is 22.8 Å². The molecule has 1 aliphatic heterocycles. The maximum Gasteiger partial charge on any atom is 0.261 e. The van der Waals surface area contributed by atoms with Crippen LogP contribution in [0.15, 0.2) is 121 Å². The second-order valence-corrected chi connectivity index (χ2v) is 32.9. The number of aliphatic hydroxyl groups is 1. The third-order valence-electron chi connectivity index (χ3n) is 12.3. The summed E-state index contributed by atoms with van der Waals surface area (Å²) in [5, 5.41) is 14.8. The van der Waals surface area contributed by atoms with Crippen LogP contribution in [-0.4, -0.2) is 73.0 Å². The van der Waals surface area contributed by atoms with Crippen molar-refractivity contribution in [3.8, 4) is 0 Å². The molecule has 2 aromatic carbocycles. The molecule has 5 atom stereocenters. The minimum atomic E-state index is -2.61. The van der Waals surface area contributed by atoms with Gasteiger partial charge < -0.3 is 27.9 Å². The first-order valence-corrected chi connectivity index (χ1v) is 29.5. The van der Waals surface area contributed by atoms with Gasteiger partial charge in [-0.1, -0.05) is 178 Å². The maximum atomic E-state index is 12.3. The molecule has 0 saturated heterocycles. The fourth-order valence-electron chi connectivity index (χ4n) is 7.50. The van der Waals surface area contributed by atoms with Gasteiger partial charge in [0.1, 0.15) is 5.60 Å². The van der Waals surface area contributed by atoms with Gasteiger partial charge in [0.25, 0.3) is 8.32 Å². The summed E-state index contributed by atoms with van der Waals surface area (Å²) in [5.74, 6) is 0. The van der Waals surface area contributed by atoms with Crippen molar-refractivity contribution < 1.29 is 27.9 Å². The van der Waals surface area contributed by atoms with Crippen molar-refractivity contribution in [3.05, 3.63) is 121 Å². The van der Waals surface area contributed by atoms with E-state index in [9.17, 15) is 5.11 Å². The van der Waals surface area contributed by atoms with Crippen molar-refractivity contribution >= 4 is 35.3 Å². The molecule has 0 aliphatic carbocycles. The van der Waals surface area contributed by atoms with Gasteiger partial charge in [0.2, 0.25) is 0 Å². The van der Waals surface area contributed by atoms with Crippen molar-refractivity contribution in [2.24, 2.45) is 0 Å². The predicted molar refractivity (Wildman–Crippen MR) is 258 cm³/mol. The number of hydrogen-bond acceptors (Lipinski definition) is 6. The molecule has 1 heterocycles. The highest BCUT2D eigenvalue weighted by atomic mass is 28.4. The Kier molecular flexibility index (Phi) is 19.5. The average Bonchev–Trinajstić information content (AvgIpc) is 3.17. The number of benzene rings is 2. The Morgan fingerprint density at radius 1 is 0.780 bits per heavy atom. The molecule has 0 saturated carbocycles. The zero-order chi connectivity index (χ0) is 44.0. The summed E-state index contributed by atoms with van der Waals surface area (Å²) in [5.41, 5.74) is -1.26. The molecule has 0 bridgehead atoms. The Balaban J connectivity index is 1.89. The van der Waals surface area contributed by atoms with Crippen LogP contribution in [0.5, 0.6) is 0 Å². The molecule has 59 heavy (non-hydrogen) atoms. The van der Waals surface area contributed by atoms with Crippen molar-refractivity contribution in [3.63, 3.8) is 0 Å². The topological polar surface area (TPSA) is 66.4 Å². The summed E-state index contributed by atoms with van der Waals surface area (Å²) in [4.78, 5) is 0. The van der Waals surface area contributed by atoms with Crippen LogP contribution in [0.1, 0.15) is 95.9 Å². The van der Waals surface area contributed by atoms with E-state index in [1.165, 1.54) is 10.4 Å². The van der Waals surface area contributed by atoms with Crippen LogP contribution in [0.2, 0.25) is 41.3 Å². The zero-order valence-corrected chi connectivity index (χ0v) is 42.2. The zero-order valence-electron chi connectivity index (χ0n) is 39.2. The molecule has 0 radical (unpaired) electrons. The number of allylic oxidation sites excluding steroid dienone is 4. The van der Waals surface area contributed by atoms with Crippen molar-refractivity contribution in [2.45, 2.75) is 174 Å². The third kappa shape index (κ3) is 14.6. The molecule has 3 rings (SSSR count). The maximum absolute atomic E-state index is 12.3. The molecule has 1 unspecified atom stereocenters. The quantitative estimate of drug-likeness (QED) is 0.0723. The summed E-state index contributed by atoms with van der Waals surface area (Å²) in [6.45, 7) is 31.4. The number of hydrogen-bond donors (Lipinski definition) is 1. The highest BCUT2D eigenvalue weighted by Crippen LogP contribution is 2.40. The monoisotopic (exact) mass is 861 g/mol. The molecule has 0 amide bonds. The number of ether oxygens (including phenoxy) is 2. The summed E-state index contributed by atoms with van der Waals surface area (Å²) in [6.07, 6.45) is 20.4. The average molecular weight is 861 g/mol. The van der Waals surface area contributed by atoms with Gasteiger partial charge in [-0.3, -0.25) is 0 Å². The Bertz CT molecular complexity index is 1620. The van der Waals surface area contributed by atoms with Gasteiger partial charge in [0.05, 0.1) is 31.0 Å². The molecule has 0 spiro atoms. The Labute approximate surface area is 363 Å². The lowest BCUT2D eigenvalue weighted by molar-refractivity contribution is -0.154. The molecule has 2 aromatic rings. The lowest BCUT2D eigenvalue weighted by Gasteiger charge is -2.43.